The van der Waals surface area contributed by atoms with Crippen molar-refractivity contribution in [1.29, 1.82) is 0 Å². The Labute approximate surface area is 222 Å². The van der Waals surface area contributed by atoms with Gasteiger partial charge in [0.1, 0.15) is 11.5 Å². The fourth-order valence-electron chi connectivity index (χ4n) is 3.26. The van der Waals surface area contributed by atoms with Crippen molar-refractivity contribution >= 4 is 17.8 Å². The molecule has 3 aromatic rings. The molecule has 4 rings (SSSR count). The number of rotatable bonds is 5. The Balaban J connectivity index is 0.000000333. The van der Waals surface area contributed by atoms with Crippen LogP contribution in [-0.4, -0.2) is 71.0 Å². The number of nitrogens with zero attached hydrogens (tertiary/aromatic N) is 5. The molecule has 17 heteroatoms. The molecule has 0 aromatic carbocycles. The van der Waals surface area contributed by atoms with Crippen LogP contribution in [0.3, 0.4) is 0 Å². The van der Waals surface area contributed by atoms with Gasteiger partial charge in [0.25, 0.3) is 5.91 Å². The number of carbonyl (C=O) groups is 3. The summed E-state index contributed by atoms with van der Waals surface area (Å²) < 4.78 is 67.5. The summed E-state index contributed by atoms with van der Waals surface area (Å²) in [5.41, 5.74) is 2.61. The minimum absolute atomic E-state index is 0.0831. The average molecular weight is 578 g/mol. The molecule has 3 aromatic heterocycles. The second-order valence-electron chi connectivity index (χ2n) is 8.17. The summed E-state index contributed by atoms with van der Waals surface area (Å²) in [7, 11) is 1.86. The van der Waals surface area contributed by atoms with Crippen molar-refractivity contribution in [3.63, 3.8) is 0 Å². The molecule has 0 spiro atoms. The molecule has 1 amide bonds. The zero-order chi connectivity index (χ0) is 30.1. The van der Waals surface area contributed by atoms with E-state index < -0.39 is 24.3 Å². The van der Waals surface area contributed by atoms with Crippen molar-refractivity contribution in [2.75, 3.05) is 6.54 Å². The number of pyridine rings is 1. The summed E-state index contributed by atoms with van der Waals surface area (Å²) in [4.78, 5) is 41.4. The van der Waals surface area contributed by atoms with Crippen LogP contribution in [0.2, 0.25) is 0 Å². The molecule has 1 aliphatic rings. The van der Waals surface area contributed by atoms with Crippen LogP contribution in [0.1, 0.15) is 27.7 Å². The Kier molecular flexibility index (Phi) is 10.8. The van der Waals surface area contributed by atoms with E-state index in [1.54, 1.807) is 0 Å². The highest BCUT2D eigenvalue weighted by Crippen LogP contribution is 2.16. The first-order chi connectivity index (χ1) is 18.6. The Morgan fingerprint density at radius 1 is 0.950 bits per heavy atom. The normalized spacial score (nSPS) is 13.2. The lowest BCUT2D eigenvalue weighted by Gasteiger charge is -2.27. The fraction of sp³-hybridized carbons (Fsp3) is 0.348. The monoisotopic (exact) mass is 578 g/mol. The van der Waals surface area contributed by atoms with Crippen LogP contribution < -0.4 is 5.32 Å². The standard InChI is InChI=1S/C19H22N6O.2C2HF3O2/c1-23-8-4-6-17(23)19(26)21-11-16-13-25-10-9-24(14-18(25)22-16)12-15-5-2-3-7-20-15;2*3-2(4,5)1(6)7/h2-8,13H,9-12,14H2,1H3,(H,21,26);2*(H,6,7). The molecule has 0 saturated carbocycles. The maximum atomic E-state index is 12.2. The number of halogens is 6. The number of amides is 1. The smallest absolute Gasteiger partial charge is 0.475 e. The number of carboxylic acids is 2. The van der Waals surface area contributed by atoms with Gasteiger partial charge in [-0.1, -0.05) is 6.07 Å². The van der Waals surface area contributed by atoms with Crippen molar-refractivity contribution in [2.24, 2.45) is 7.05 Å². The number of aromatic nitrogens is 4. The van der Waals surface area contributed by atoms with E-state index in [0.717, 1.165) is 43.4 Å². The van der Waals surface area contributed by atoms with Gasteiger partial charge in [-0.25, -0.2) is 14.6 Å². The maximum Gasteiger partial charge on any atom is 0.490 e. The minimum atomic E-state index is -5.08. The molecule has 11 nitrogen and oxygen atoms in total. The quantitative estimate of drug-likeness (QED) is 0.393. The summed E-state index contributed by atoms with van der Waals surface area (Å²) >= 11 is 0. The van der Waals surface area contributed by atoms with Gasteiger partial charge in [-0.2, -0.15) is 26.3 Å². The number of hydrogen-bond acceptors (Lipinski definition) is 6. The van der Waals surface area contributed by atoms with E-state index >= 15 is 0 Å². The SMILES string of the molecule is Cn1cccc1C(=O)NCc1cn2c(n1)CN(Cc1ccccn1)CC2.O=C(O)C(F)(F)F.O=C(O)C(F)(F)F. The number of hydrogen-bond donors (Lipinski definition) is 3. The third kappa shape index (κ3) is 10.0. The predicted molar refractivity (Wildman–Crippen MR) is 125 cm³/mol. The van der Waals surface area contributed by atoms with Crippen LogP contribution in [0.4, 0.5) is 26.3 Å². The molecule has 3 N–H and O–H groups in total. The van der Waals surface area contributed by atoms with Crippen LogP contribution in [-0.2, 0) is 42.8 Å². The average Bonchev–Trinajstić information content (AvgIpc) is 3.48. The number of aryl methyl sites for hydroxylation is 1. The Morgan fingerprint density at radius 2 is 1.57 bits per heavy atom. The molecule has 0 bridgehead atoms. The number of nitrogens with one attached hydrogen (secondary N) is 1. The van der Waals surface area contributed by atoms with E-state index in [0.29, 0.717) is 12.2 Å². The van der Waals surface area contributed by atoms with Gasteiger partial charge in [0.05, 0.1) is 24.5 Å². The summed E-state index contributed by atoms with van der Waals surface area (Å²) in [6, 6.07) is 9.66. The van der Waals surface area contributed by atoms with Crippen LogP contribution in [0.15, 0.2) is 48.9 Å². The molecule has 4 heterocycles. The van der Waals surface area contributed by atoms with Crippen molar-refractivity contribution in [2.45, 2.75) is 38.5 Å². The zero-order valence-electron chi connectivity index (χ0n) is 20.8. The number of fused-ring (bicyclic) bond motifs is 1. The Bertz CT molecular complexity index is 1270. The van der Waals surface area contributed by atoms with E-state index in [9.17, 15) is 31.1 Å². The lowest BCUT2D eigenvalue weighted by Crippen LogP contribution is -2.33. The van der Waals surface area contributed by atoms with E-state index in [-0.39, 0.29) is 5.91 Å². The molecule has 0 aliphatic carbocycles. The maximum absolute atomic E-state index is 12.2. The first kappa shape index (κ1) is 31.8. The highest BCUT2D eigenvalue weighted by molar-refractivity contribution is 5.92. The van der Waals surface area contributed by atoms with E-state index in [2.05, 4.69) is 19.8 Å². The molecule has 0 atom stereocenters. The summed E-state index contributed by atoms with van der Waals surface area (Å²) in [6.45, 7) is 3.93. The Morgan fingerprint density at radius 3 is 2.08 bits per heavy atom. The predicted octanol–water partition coefficient (Wildman–Crippen LogP) is 2.83. The van der Waals surface area contributed by atoms with Gasteiger partial charge in [-0.3, -0.25) is 14.7 Å². The second-order valence-corrected chi connectivity index (χ2v) is 8.17. The highest BCUT2D eigenvalue weighted by atomic mass is 19.4. The van der Waals surface area contributed by atoms with Gasteiger partial charge >= 0.3 is 24.3 Å². The van der Waals surface area contributed by atoms with Gasteiger partial charge < -0.3 is 24.7 Å². The van der Waals surface area contributed by atoms with Gasteiger partial charge in [-0.05, 0) is 24.3 Å². The number of imidazole rings is 1. The van der Waals surface area contributed by atoms with Gasteiger partial charge in [0.15, 0.2) is 0 Å². The van der Waals surface area contributed by atoms with Gasteiger partial charge in [0, 0.05) is 45.3 Å². The summed E-state index contributed by atoms with van der Waals surface area (Å²) in [6.07, 6.45) is -4.44. The van der Waals surface area contributed by atoms with E-state index in [1.165, 1.54) is 0 Å². The first-order valence-corrected chi connectivity index (χ1v) is 11.2. The number of carboxylic acid groups (broad SMARTS) is 2. The molecule has 0 fully saturated rings. The Hall–Kier alpha value is -4.41. The highest BCUT2D eigenvalue weighted by Gasteiger charge is 2.38. The fourth-order valence-corrected chi connectivity index (χ4v) is 3.26. The topological polar surface area (TPSA) is 143 Å². The third-order valence-corrected chi connectivity index (χ3v) is 5.13. The molecular weight excluding hydrogens is 554 g/mol. The molecule has 0 radical (unpaired) electrons. The van der Waals surface area contributed by atoms with Crippen molar-refractivity contribution in [1.82, 2.24) is 29.3 Å². The van der Waals surface area contributed by atoms with Crippen LogP contribution in [0.25, 0.3) is 0 Å². The molecule has 218 valence electrons. The number of alkyl halides is 6. The number of carbonyl (C=O) groups excluding carboxylic acids is 1. The summed E-state index contributed by atoms with van der Waals surface area (Å²) in [5, 5.41) is 17.2. The van der Waals surface area contributed by atoms with E-state index in [4.69, 9.17) is 24.8 Å². The van der Waals surface area contributed by atoms with Crippen LogP contribution in [0.5, 0.6) is 0 Å². The van der Waals surface area contributed by atoms with Crippen LogP contribution >= 0.6 is 0 Å². The molecule has 0 saturated heterocycles. The second kappa shape index (κ2) is 13.6. The summed E-state index contributed by atoms with van der Waals surface area (Å²) in [5.74, 6) is -4.56. The van der Waals surface area contributed by atoms with Gasteiger partial charge in [0.2, 0.25) is 0 Å². The third-order valence-electron chi connectivity index (χ3n) is 5.13. The van der Waals surface area contributed by atoms with Crippen molar-refractivity contribution < 1.29 is 50.9 Å². The number of aliphatic carboxylic acids is 2. The minimum Gasteiger partial charge on any atom is -0.475 e. The van der Waals surface area contributed by atoms with E-state index in [1.807, 2.05) is 60.5 Å². The van der Waals surface area contributed by atoms with Crippen LogP contribution in [0, 0.1) is 0 Å². The zero-order valence-corrected chi connectivity index (χ0v) is 20.8. The first-order valence-electron chi connectivity index (χ1n) is 11.2. The molecule has 1 aliphatic heterocycles. The lowest BCUT2D eigenvalue weighted by molar-refractivity contribution is -0.193. The molecular formula is C23H24F6N6O5. The lowest BCUT2D eigenvalue weighted by atomic mass is 10.3. The molecule has 40 heavy (non-hydrogen) atoms. The molecule has 0 unspecified atom stereocenters. The van der Waals surface area contributed by atoms with Crippen molar-refractivity contribution in [3.05, 3.63) is 71.8 Å². The largest absolute Gasteiger partial charge is 0.490 e. The van der Waals surface area contributed by atoms with Crippen molar-refractivity contribution in [3.8, 4) is 0 Å². The van der Waals surface area contributed by atoms with Gasteiger partial charge in [-0.15, -0.1) is 0 Å².